The Morgan fingerprint density at radius 3 is 1.22 bits per heavy atom. The smallest absolute Gasteiger partial charge is 0.326 e. The lowest BCUT2D eigenvalue weighted by Crippen LogP contribution is -2.37. The number of ketones is 2. The molecule has 0 aromatic heterocycles. The number of amides is 4. The number of imide groups is 2. The van der Waals surface area contributed by atoms with Gasteiger partial charge in [0.15, 0.2) is 11.6 Å². The number of nitrogens with zero attached hydrogens (tertiary/aromatic N) is 2. The Bertz CT molecular complexity index is 2320. The Balaban J connectivity index is 0.000000643. The summed E-state index contributed by atoms with van der Waals surface area (Å²) in [6.07, 6.45) is 0. The molecule has 4 aromatic rings. The molecule has 4 amide bonds. The zero-order chi connectivity index (χ0) is 55.1. The molecule has 6 rings (SSSR count). The number of hydrogen-bond donors (Lipinski definition) is 1. The number of Topliss-reactive ketones (excluding diaryl/α,β-unsaturated/α-hetero) is 2. The minimum absolute atomic E-state index is 0.0338. The minimum Gasteiger partial charge on any atom is -0.490 e. The van der Waals surface area contributed by atoms with Gasteiger partial charge < -0.3 is 24.1 Å². The summed E-state index contributed by atoms with van der Waals surface area (Å²) < 4.78 is 21.2. The molecule has 17 heteroatoms. The molecule has 4 aromatic carbocycles. The highest BCUT2D eigenvalue weighted by Gasteiger charge is 2.38. The zero-order valence-corrected chi connectivity index (χ0v) is 46.1. The average molecular weight is 1050 g/mol. The SMILES string of the molecule is CC.CC.CC.CC.CCSCC(C)(O)C(=O)c1ccc(OCCOC(=O)CN2C(=O)c3ccccc3C2=O)cc1.CCSCC(C)C(=O)c1ccc(OCCOC(=O)CN2C(=O)c3ccccc3C2=O)cc1. The molecule has 2 atom stereocenters. The third kappa shape index (κ3) is 19.6. The fourth-order valence-corrected chi connectivity index (χ4v) is 7.97. The van der Waals surface area contributed by atoms with E-state index in [0.717, 1.165) is 27.1 Å². The maximum atomic E-state index is 12.5. The van der Waals surface area contributed by atoms with Crippen LogP contribution in [0.15, 0.2) is 97.1 Å². The summed E-state index contributed by atoms with van der Waals surface area (Å²) in [4.78, 5) is 99.8. The number of aliphatic hydroxyl groups is 1. The number of esters is 2. The van der Waals surface area contributed by atoms with E-state index in [9.17, 15) is 43.5 Å². The number of ether oxygens (including phenoxy) is 4. The Hall–Kier alpha value is -6.30. The van der Waals surface area contributed by atoms with Crippen LogP contribution in [0.4, 0.5) is 0 Å². The summed E-state index contributed by atoms with van der Waals surface area (Å²) in [6.45, 7) is 22.6. The second-order valence-electron chi connectivity index (χ2n) is 14.8. The van der Waals surface area contributed by atoms with Gasteiger partial charge in [0.1, 0.15) is 56.6 Å². The second kappa shape index (κ2) is 35.0. The Morgan fingerprint density at radius 2 is 0.877 bits per heavy atom. The third-order valence-electron chi connectivity index (χ3n) is 9.91. The summed E-state index contributed by atoms with van der Waals surface area (Å²) in [7, 11) is 0. The van der Waals surface area contributed by atoms with Crippen LogP contribution >= 0.6 is 23.5 Å². The van der Waals surface area contributed by atoms with Crippen LogP contribution in [0.2, 0.25) is 0 Å². The molecule has 15 nitrogen and oxygen atoms in total. The number of rotatable bonds is 22. The lowest BCUT2D eigenvalue weighted by molar-refractivity contribution is -0.145. The molecule has 2 heterocycles. The molecule has 0 spiro atoms. The van der Waals surface area contributed by atoms with Crippen LogP contribution in [0, 0.1) is 5.92 Å². The highest BCUT2D eigenvalue weighted by atomic mass is 32.2. The van der Waals surface area contributed by atoms with E-state index in [2.05, 4.69) is 6.92 Å². The van der Waals surface area contributed by atoms with Crippen molar-refractivity contribution in [3.63, 3.8) is 0 Å². The summed E-state index contributed by atoms with van der Waals surface area (Å²) in [5, 5.41) is 10.4. The standard InChI is InChI=1S/C24H25NO7S.C24H25NO6S.4C2H6/c1-3-33-15-24(2,30)21(27)16-8-10-17(11-9-16)31-12-13-32-20(26)14-25-22(28)18-6-4-5-7-19(18)23(25)29;1-3-32-15-16(2)22(27)17-8-10-18(11-9-17)30-12-13-31-21(26)14-25-23(28)19-6-4-5-7-20(19)24(25)29;4*1-2/h4-11,30H,3,12-15H2,1-2H3;4-11,16H,3,12-15H2,1-2H3;4*1-2H3. The number of carbonyl (C=O) groups is 8. The van der Waals surface area contributed by atoms with Crippen molar-refractivity contribution in [2.75, 3.05) is 62.5 Å². The normalized spacial score (nSPS) is 12.9. The van der Waals surface area contributed by atoms with Gasteiger partial charge in [0.05, 0.1) is 22.3 Å². The number of hydrogen-bond acceptors (Lipinski definition) is 15. The summed E-state index contributed by atoms with van der Waals surface area (Å²) in [5.41, 5.74) is 0.669. The molecule has 0 radical (unpaired) electrons. The monoisotopic (exact) mass is 1050 g/mol. The Morgan fingerprint density at radius 1 is 0.534 bits per heavy atom. The average Bonchev–Trinajstić information content (AvgIpc) is 3.81. The van der Waals surface area contributed by atoms with Gasteiger partial charge in [-0.15, -0.1) is 0 Å². The summed E-state index contributed by atoms with van der Waals surface area (Å²) in [6, 6.07) is 26.0. The summed E-state index contributed by atoms with van der Waals surface area (Å²) in [5.74, 6) is 0.121. The third-order valence-corrected chi connectivity index (χ3v) is 12.2. The van der Waals surface area contributed by atoms with Crippen LogP contribution < -0.4 is 9.47 Å². The van der Waals surface area contributed by atoms with E-state index in [-0.39, 0.29) is 66.2 Å². The quantitative estimate of drug-likeness (QED) is 0.0337. The van der Waals surface area contributed by atoms with E-state index >= 15 is 0 Å². The zero-order valence-electron chi connectivity index (χ0n) is 44.4. The van der Waals surface area contributed by atoms with Gasteiger partial charge in [0.25, 0.3) is 23.6 Å². The molecular weight excluding hydrogens is 973 g/mol. The fraction of sp³-hybridized carbons (Fsp3) is 0.429. The number of carbonyl (C=O) groups excluding carboxylic acids is 8. The topological polar surface area (TPSA) is 200 Å². The first kappa shape index (κ1) is 64.7. The lowest BCUT2D eigenvalue weighted by atomic mass is 9.97. The number of benzene rings is 4. The first-order valence-corrected chi connectivity index (χ1v) is 27.1. The molecule has 0 aliphatic carbocycles. The lowest BCUT2D eigenvalue weighted by Gasteiger charge is -2.21. The van der Waals surface area contributed by atoms with Crippen molar-refractivity contribution in [2.45, 2.75) is 88.7 Å². The van der Waals surface area contributed by atoms with Crippen molar-refractivity contribution >= 4 is 70.7 Å². The maximum Gasteiger partial charge on any atom is 0.326 e. The fourth-order valence-electron chi connectivity index (χ4n) is 6.50. The van der Waals surface area contributed by atoms with E-state index in [0.29, 0.717) is 28.4 Å². The van der Waals surface area contributed by atoms with Crippen molar-refractivity contribution in [2.24, 2.45) is 5.92 Å². The van der Waals surface area contributed by atoms with Gasteiger partial charge in [0, 0.05) is 28.6 Å². The van der Waals surface area contributed by atoms with Crippen LogP contribution in [0.25, 0.3) is 0 Å². The molecule has 398 valence electrons. The van der Waals surface area contributed by atoms with Crippen molar-refractivity contribution < 1.29 is 62.4 Å². The van der Waals surface area contributed by atoms with Crippen molar-refractivity contribution in [3.05, 3.63) is 130 Å². The van der Waals surface area contributed by atoms with Crippen LogP contribution in [0.3, 0.4) is 0 Å². The molecule has 0 fully saturated rings. The van der Waals surface area contributed by atoms with Crippen LogP contribution in [0.5, 0.6) is 11.5 Å². The second-order valence-corrected chi connectivity index (χ2v) is 17.4. The van der Waals surface area contributed by atoms with Crippen molar-refractivity contribution in [3.8, 4) is 11.5 Å². The highest BCUT2D eigenvalue weighted by molar-refractivity contribution is 7.99. The van der Waals surface area contributed by atoms with Gasteiger partial charge in [-0.1, -0.05) is 100 Å². The molecule has 73 heavy (non-hydrogen) atoms. The summed E-state index contributed by atoms with van der Waals surface area (Å²) >= 11 is 3.22. The molecule has 2 aliphatic heterocycles. The molecule has 2 aliphatic rings. The van der Waals surface area contributed by atoms with Crippen molar-refractivity contribution in [1.82, 2.24) is 9.80 Å². The van der Waals surface area contributed by atoms with E-state index in [1.807, 2.05) is 69.2 Å². The van der Waals surface area contributed by atoms with E-state index in [4.69, 9.17) is 18.9 Å². The molecule has 2 unspecified atom stereocenters. The Labute approximate surface area is 440 Å². The van der Waals surface area contributed by atoms with Gasteiger partial charge in [-0.3, -0.25) is 48.2 Å². The Kier molecular flexibility index (Phi) is 31.0. The van der Waals surface area contributed by atoms with Crippen molar-refractivity contribution in [1.29, 1.82) is 0 Å². The molecule has 0 saturated carbocycles. The van der Waals surface area contributed by atoms with Crippen LogP contribution in [-0.4, -0.2) is 130 Å². The minimum atomic E-state index is -1.45. The van der Waals surface area contributed by atoms with Gasteiger partial charge >= 0.3 is 11.9 Å². The molecule has 0 saturated heterocycles. The number of fused-ring (bicyclic) bond motifs is 2. The first-order valence-electron chi connectivity index (χ1n) is 24.8. The van der Waals surface area contributed by atoms with E-state index < -0.39 is 54.3 Å². The molecule has 1 N–H and O–H groups in total. The van der Waals surface area contributed by atoms with E-state index in [1.165, 1.54) is 18.7 Å². The molecular formula is C56H74N2O13S2. The largest absolute Gasteiger partial charge is 0.490 e. The van der Waals surface area contributed by atoms with Crippen LogP contribution in [-0.2, 0) is 19.1 Å². The van der Waals surface area contributed by atoms with E-state index in [1.54, 1.807) is 109 Å². The first-order chi connectivity index (χ1) is 35.2. The predicted octanol–water partition coefficient (Wildman–Crippen LogP) is 10.2. The van der Waals surface area contributed by atoms with Gasteiger partial charge in [-0.05, 0) is 91.2 Å². The predicted molar refractivity (Wildman–Crippen MR) is 289 cm³/mol. The maximum absolute atomic E-state index is 12.5. The van der Waals surface area contributed by atoms with Gasteiger partial charge in [-0.2, -0.15) is 23.5 Å². The molecule has 0 bridgehead atoms. The number of thioether (sulfide) groups is 2. The van der Waals surface area contributed by atoms with Gasteiger partial charge in [0.2, 0.25) is 0 Å². The van der Waals surface area contributed by atoms with Gasteiger partial charge in [-0.25, -0.2) is 0 Å². The highest BCUT2D eigenvalue weighted by Crippen LogP contribution is 2.25. The van der Waals surface area contributed by atoms with Crippen LogP contribution in [0.1, 0.15) is 145 Å².